The smallest absolute Gasteiger partial charge is 0.120 e. The van der Waals surface area contributed by atoms with Gasteiger partial charge in [0.1, 0.15) is 6.17 Å². The molecule has 1 heterocycles. The summed E-state index contributed by atoms with van der Waals surface area (Å²) >= 11 is 0. The second-order valence-electron chi connectivity index (χ2n) is 2.04. The molecular weight excluding hydrogens is 109 g/mol. The Balaban J connectivity index is 2.28. The Kier molecular flexibility index (Phi) is 1.81. The summed E-state index contributed by atoms with van der Waals surface area (Å²) < 4.78 is 17.3. The van der Waals surface area contributed by atoms with Crippen LogP contribution in [0.2, 0.25) is 0 Å². The molecule has 8 heavy (non-hydrogen) atoms. The summed E-state index contributed by atoms with van der Waals surface area (Å²) in [6.45, 7) is 0.899. The number of ether oxygens (including phenoxy) is 1. The number of hydrogen-bond acceptors (Lipinski definition) is 2. The number of rotatable bonds is 0. The lowest BCUT2D eigenvalue weighted by atomic mass is 10.1. The Bertz CT molecular complexity index is 68.8. The van der Waals surface area contributed by atoms with Gasteiger partial charge in [0, 0.05) is 13.0 Å². The molecule has 1 fully saturated rings. The minimum Gasteiger partial charge on any atom is -0.380 e. The normalized spacial score (nSPS) is 39.8. The summed E-state index contributed by atoms with van der Waals surface area (Å²) in [6.07, 6.45) is -0.384. The molecule has 1 rings (SSSR count). The summed E-state index contributed by atoms with van der Waals surface area (Å²) in [5.74, 6) is 0. The molecule has 1 saturated heterocycles. The molecular formula is C5H10FNO. The molecule has 2 atom stereocenters. The van der Waals surface area contributed by atoms with E-state index in [4.69, 9.17) is 10.5 Å². The second-order valence-corrected chi connectivity index (χ2v) is 2.04. The highest BCUT2D eigenvalue weighted by Crippen LogP contribution is 2.08. The zero-order valence-electron chi connectivity index (χ0n) is 4.64. The van der Waals surface area contributed by atoms with Gasteiger partial charge in [-0.2, -0.15) is 0 Å². The van der Waals surface area contributed by atoms with E-state index in [2.05, 4.69) is 0 Å². The van der Waals surface area contributed by atoms with Gasteiger partial charge in [0.25, 0.3) is 0 Å². The fourth-order valence-corrected chi connectivity index (χ4v) is 0.734. The number of nitrogens with two attached hydrogens (primary N) is 1. The van der Waals surface area contributed by atoms with E-state index >= 15 is 0 Å². The molecule has 0 bridgehead atoms. The Labute approximate surface area is 47.8 Å². The van der Waals surface area contributed by atoms with Crippen molar-refractivity contribution in [1.82, 2.24) is 0 Å². The molecule has 2 nitrogen and oxygen atoms in total. The minimum atomic E-state index is -0.844. The van der Waals surface area contributed by atoms with Crippen LogP contribution in [0.25, 0.3) is 0 Å². The van der Waals surface area contributed by atoms with Gasteiger partial charge < -0.3 is 10.5 Å². The summed E-state index contributed by atoms with van der Waals surface area (Å²) in [5.41, 5.74) is 5.28. The molecule has 0 radical (unpaired) electrons. The molecule has 0 saturated carbocycles. The SMILES string of the molecule is N[C@@H]1COCC[C@H]1F. The molecule has 0 unspecified atom stereocenters. The Morgan fingerprint density at radius 1 is 1.62 bits per heavy atom. The molecule has 1 aliphatic heterocycles. The summed E-state index contributed by atoms with van der Waals surface area (Å²) in [4.78, 5) is 0. The summed E-state index contributed by atoms with van der Waals surface area (Å²) in [6, 6.07) is -0.385. The van der Waals surface area contributed by atoms with E-state index in [1.165, 1.54) is 0 Å². The lowest BCUT2D eigenvalue weighted by Gasteiger charge is -2.21. The quantitative estimate of drug-likeness (QED) is 0.490. The van der Waals surface area contributed by atoms with Gasteiger partial charge in [-0.3, -0.25) is 0 Å². The van der Waals surface area contributed by atoms with Gasteiger partial charge in [-0.05, 0) is 0 Å². The monoisotopic (exact) mass is 119 g/mol. The van der Waals surface area contributed by atoms with E-state index in [9.17, 15) is 4.39 Å². The molecule has 0 aromatic rings. The number of hydrogen-bond donors (Lipinski definition) is 1. The van der Waals surface area contributed by atoms with Crippen molar-refractivity contribution in [2.45, 2.75) is 18.6 Å². The van der Waals surface area contributed by atoms with Crippen molar-refractivity contribution in [2.75, 3.05) is 13.2 Å². The first kappa shape index (κ1) is 5.98. The molecule has 0 aromatic carbocycles. The first-order valence-electron chi connectivity index (χ1n) is 2.78. The standard InChI is InChI=1S/C5H10FNO/c6-4-1-2-8-3-5(4)7/h4-5H,1-3,7H2/t4-,5-/m1/s1. The van der Waals surface area contributed by atoms with Gasteiger partial charge in [-0.15, -0.1) is 0 Å². The summed E-state index contributed by atoms with van der Waals surface area (Å²) in [7, 11) is 0. The molecule has 48 valence electrons. The molecule has 0 spiro atoms. The molecule has 0 aliphatic carbocycles. The van der Waals surface area contributed by atoms with Crippen molar-refractivity contribution in [3.8, 4) is 0 Å². The van der Waals surface area contributed by atoms with Gasteiger partial charge in [-0.1, -0.05) is 0 Å². The Hall–Kier alpha value is -0.150. The van der Waals surface area contributed by atoms with Crippen LogP contribution in [0.15, 0.2) is 0 Å². The highest BCUT2D eigenvalue weighted by molar-refractivity contribution is 4.74. The first-order valence-corrected chi connectivity index (χ1v) is 2.78. The third-order valence-electron chi connectivity index (χ3n) is 1.31. The maximum Gasteiger partial charge on any atom is 0.120 e. The van der Waals surface area contributed by atoms with Crippen LogP contribution in [0, 0.1) is 0 Å². The topological polar surface area (TPSA) is 35.2 Å². The third kappa shape index (κ3) is 1.17. The molecule has 2 N–H and O–H groups in total. The van der Waals surface area contributed by atoms with E-state index in [1.54, 1.807) is 0 Å². The molecule has 0 aromatic heterocycles. The van der Waals surface area contributed by atoms with Gasteiger partial charge in [0.2, 0.25) is 0 Å². The van der Waals surface area contributed by atoms with Crippen molar-refractivity contribution in [3.05, 3.63) is 0 Å². The van der Waals surface area contributed by atoms with Crippen molar-refractivity contribution >= 4 is 0 Å². The van der Waals surface area contributed by atoms with Crippen LogP contribution in [-0.2, 0) is 4.74 Å². The van der Waals surface area contributed by atoms with E-state index in [0.29, 0.717) is 19.6 Å². The van der Waals surface area contributed by atoms with Gasteiger partial charge in [-0.25, -0.2) is 4.39 Å². The predicted molar refractivity (Wildman–Crippen MR) is 28.3 cm³/mol. The average molecular weight is 119 g/mol. The van der Waals surface area contributed by atoms with Crippen LogP contribution in [-0.4, -0.2) is 25.4 Å². The molecule has 1 aliphatic rings. The third-order valence-corrected chi connectivity index (χ3v) is 1.31. The van der Waals surface area contributed by atoms with Crippen LogP contribution in [0.1, 0.15) is 6.42 Å². The van der Waals surface area contributed by atoms with Crippen LogP contribution in [0.4, 0.5) is 4.39 Å². The van der Waals surface area contributed by atoms with Crippen molar-refractivity contribution in [1.29, 1.82) is 0 Å². The van der Waals surface area contributed by atoms with Gasteiger partial charge in [0.05, 0.1) is 12.6 Å². The zero-order chi connectivity index (χ0) is 5.98. The van der Waals surface area contributed by atoms with Crippen LogP contribution >= 0.6 is 0 Å². The number of alkyl halides is 1. The van der Waals surface area contributed by atoms with Crippen LogP contribution in [0.3, 0.4) is 0 Å². The lowest BCUT2D eigenvalue weighted by Crippen LogP contribution is -2.40. The largest absolute Gasteiger partial charge is 0.380 e. The van der Waals surface area contributed by atoms with Crippen LogP contribution in [0.5, 0.6) is 0 Å². The van der Waals surface area contributed by atoms with Crippen molar-refractivity contribution < 1.29 is 9.13 Å². The molecule has 0 amide bonds. The zero-order valence-corrected chi connectivity index (χ0v) is 4.64. The maximum atomic E-state index is 12.4. The van der Waals surface area contributed by atoms with Crippen LogP contribution < -0.4 is 5.73 Å². The van der Waals surface area contributed by atoms with E-state index in [0.717, 1.165) is 0 Å². The van der Waals surface area contributed by atoms with E-state index < -0.39 is 6.17 Å². The van der Waals surface area contributed by atoms with E-state index in [-0.39, 0.29) is 6.04 Å². The Morgan fingerprint density at radius 3 is 2.75 bits per heavy atom. The highest BCUT2D eigenvalue weighted by atomic mass is 19.1. The van der Waals surface area contributed by atoms with Gasteiger partial charge in [0.15, 0.2) is 0 Å². The molecule has 3 heteroatoms. The van der Waals surface area contributed by atoms with Gasteiger partial charge >= 0.3 is 0 Å². The number of halogens is 1. The van der Waals surface area contributed by atoms with E-state index in [1.807, 2.05) is 0 Å². The summed E-state index contributed by atoms with van der Waals surface area (Å²) in [5, 5.41) is 0. The fourth-order valence-electron chi connectivity index (χ4n) is 0.734. The Morgan fingerprint density at radius 2 is 2.38 bits per heavy atom. The van der Waals surface area contributed by atoms with Crippen molar-refractivity contribution in [3.63, 3.8) is 0 Å². The predicted octanol–water partition coefficient (Wildman–Crippen LogP) is 0.0721. The second kappa shape index (κ2) is 2.42. The minimum absolute atomic E-state index is 0.376. The first-order chi connectivity index (χ1) is 3.80. The average Bonchev–Trinajstić information content (AvgIpc) is 1.77. The maximum absolute atomic E-state index is 12.4. The van der Waals surface area contributed by atoms with Crippen molar-refractivity contribution in [2.24, 2.45) is 5.73 Å². The highest BCUT2D eigenvalue weighted by Gasteiger charge is 2.20. The lowest BCUT2D eigenvalue weighted by molar-refractivity contribution is 0.0341. The fraction of sp³-hybridized carbons (Fsp3) is 1.00.